The van der Waals surface area contributed by atoms with E-state index in [1.165, 1.54) is 4.57 Å². The molecule has 0 bridgehead atoms. The van der Waals surface area contributed by atoms with E-state index in [1.54, 1.807) is 24.3 Å². The van der Waals surface area contributed by atoms with Gasteiger partial charge in [0.2, 0.25) is 5.91 Å². The molecular weight excluding hydrogens is 356 g/mol. The Labute approximate surface area is 154 Å². The first-order valence-corrected chi connectivity index (χ1v) is 9.10. The molecular formula is C17H22N4O4S. The largest absolute Gasteiger partial charge is 0.396 e. The van der Waals surface area contributed by atoms with Crippen LogP contribution in [-0.2, 0) is 11.3 Å². The van der Waals surface area contributed by atoms with Gasteiger partial charge in [0.05, 0.1) is 16.2 Å². The monoisotopic (exact) mass is 378 g/mol. The fourth-order valence-electron chi connectivity index (χ4n) is 2.46. The second kappa shape index (κ2) is 8.81. The summed E-state index contributed by atoms with van der Waals surface area (Å²) in [4.78, 5) is 40.6. The molecule has 1 aromatic heterocycles. The number of para-hydroxylation sites is 1. The SMILES string of the molecule is CC(C)[C@@H](Sc1nc2ccccc2c(=O)n1CCCO)C(=O)NC(N)=O. The molecule has 0 fully saturated rings. The molecule has 1 atom stereocenters. The van der Waals surface area contributed by atoms with E-state index in [4.69, 9.17) is 10.8 Å². The van der Waals surface area contributed by atoms with Crippen LogP contribution < -0.4 is 16.6 Å². The number of rotatable bonds is 7. The molecule has 0 saturated carbocycles. The smallest absolute Gasteiger partial charge is 0.318 e. The van der Waals surface area contributed by atoms with Gasteiger partial charge in [-0.15, -0.1) is 0 Å². The second-order valence-corrected chi connectivity index (χ2v) is 7.19. The first-order valence-electron chi connectivity index (χ1n) is 8.22. The van der Waals surface area contributed by atoms with Gasteiger partial charge < -0.3 is 10.8 Å². The molecule has 3 amide bonds. The highest BCUT2D eigenvalue weighted by Gasteiger charge is 2.27. The number of aliphatic hydroxyl groups excluding tert-OH is 1. The Balaban J connectivity index is 2.49. The minimum atomic E-state index is -0.926. The number of thioether (sulfide) groups is 1. The van der Waals surface area contributed by atoms with Crippen LogP contribution in [0.15, 0.2) is 34.2 Å². The highest BCUT2D eigenvalue weighted by atomic mass is 32.2. The Kier molecular flexibility index (Phi) is 6.76. The Morgan fingerprint density at radius 2 is 2.04 bits per heavy atom. The minimum absolute atomic E-state index is 0.0703. The predicted octanol–water partition coefficient (Wildman–Crippen LogP) is 1.09. The van der Waals surface area contributed by atoms with Crippen LogP contribution in [0.3, 0.4) is 0 Å². The summed E-state index contributed by atoms with van der Waals surface area (Å²) in [6, 6.07) is 6.03. The van der Waals surface area contributed by atoms with Gasteiger partial charge >= 0.3 is 6.03 Å². The second-order valence-electron chi connectivity index (χ2n) is 6.08. The molecule has 0 aliphatic carbocycles. The topological polar surface area (TPSA) is 127 Å². The third-order valence-electron chi connectivity index (χ3n) is 3.71. The number of hydrogen-bond acceptors (Lipinski definition) is 6. The van der Waals surface area contributed by atoms with Crippen molar-refractivity contribution in [3.8, 4) is 0 Å². The Morgan fingerprint density at radius 1 is 1.35 bits per heavy atom. The summed E-state index contributed by atoms with van der Waals surface area (Å²) in [6.07, 6.45) is 0.382. The number of hydrogen-bond donors (Lipinski definition) is 3. The van der Waals surface area contributed by atoms with Gasteiger partial charge in [-0.25, -0.2) is 9.78 Å². The fraction of sp³-hybridized carbons (Fsp3) is 0.412. The molecule has 1 heterocycles. The number of nitrogens with zero attached hydrogens (tertiary/aromatic N) is 2. The van der Waals surface area contributed by atoms with E-state index in [0.29, 0.717) is 22.5 Å². The van der Waals surface area contributed by atoms with Crippen LogP contribution in [0, 0.1) is 5.92 Å². The maximum Gasteiger partial charge on any atom is 0.318 e. The lowest BCUT2D eigenvalue weighted by molar-refractivity contribution is -0.120. The van der Waals surface area contributed by atoms with E-state index >= 15 is 0 Å². The van der Waals surface area contributed by atoms with E-state index in [1.807, 2.05) is 13.8 Å². The molecule has 140 valence electrons. The van der Waals surface area contributed by atoms with E-state index in [2.05, 4.69) is 10.3 Å². The summed E-state index contributed by atoms with van der Waals surface area (Å²) in [7, 11) is 0. The van der Waals surface area contributed by atoms with Gasteiger partial charge in [0.25, 0.3) is 5.56 Å². The van der Waals surface area contributed by atoms with Crippen LogP contribution >= 0.6 is 11.8 Å². The van der Waals surface area contributed by atoms with Crippen molar-refractivity contribution in [1.82, 2.24) is 14.9 Å². The molecule has 2 aromatic rings. The van der Waals surface area contributed by atoms with Crippen LogP contribution in [0.25, 0.3) is 10.9 Å². The van der Waals surface area contributed by atoms with Crippen molar-refractivity contribution in [1.29, 1.82) is 0 Å². The molecule has 2 rings (SSSR count). The normalized spacial score (nSPS) is 12.3. The third kappa shape index (κ3) is 4.61. The zero-order valence-electron chi connectivity index (χ0n) is 14.6. The molecule has 26 heavy (non-hydrogen) atoms. The van der Waals surface area contributed by atoms with Gasteiger partial charge in [0, 0.05) is 13.2 Å². The fourth-order valence-corrected chi connectivity index (χ4v) is 3.58. The maximum absolute atomic E-state index is 12.8. The third-order valence-corrected chi connectivity index (χ3v) is 5.24. The number of carbonyl (C=O) groups is 2. The van der Waals surface area contributed by atoms with Crippen LogP contribution in [0.1, 0.15) is 20.3 Å². The van der Waals surface area contributed by atoms with Gasteiger partial charge in [-0.1, -0.05) is 37.7 Å². The lowest BCUT2D eigenvalue weighted by Crippen LogP contribution is -2.42. The van der Waals surface area contributed by atoms with Gasteiger partial charge in [-0.05, 0) is 24.5 Å². The first-order chi connectivity index (χ1) is 12.3. The summed E-state index contributed by atoms with van der Waals surface area (Å²) >= 11 is 1.10. The van der Waals surface area contributed by atoms with Crippen molar-refractivity contribution in [2.45, 2.75) is 37.2 Å². The number of urea groups is 1. The molecule has 8 nitrogen and oxygen atoms in total. The Bertz CT molecular complexity index is 865. The van der Waals surface area contributed by atoms with Gasteiger partial charge in [-0.2, -0.15) is 0 Å². The van der Waals surface area contributed by atoms with Gasteiger partial charge in [0.15, 0.2) is 5.16 Å². The van der Waals surface area contributed by atoms with Crippen LogP contribution in [0.4, 0.5) is 4.79 Å². The highest BCUT2D eigenvalue weighted by molar-refractivity contribution is 8.00. The molecule has 0 unspecified atom stereocenters. The Morgan fingerprint density at radius 3 is 2.65 bits per heavy atom. The Hall–Kier alpha value is -2.39. The standard InChI is InChI=1S/C17H22N4O4S/c1-10(2)13(14(23)20-16(18)25)26-17-19-12-7-4-3-6-11(12)15(24)21(17)8-5-9-22/h3-4,6-7,10,13,22H,5,8-9H2,1-2H3,(H3,18,20,23,25)/t13-/m1/s1. The van der Waals surface area contributed by atoms with Crippen LogP contribution in [0.2, 0.25) is 0 Å². The molecule has 1 aromatic carbocycles. The van der Waals surface area contributed by atoms with Crippen molar-refractivity contribution < 1.29 is 14.7 Å². The minimum Gasteiger partial charge on any atom is -0.396 e. The number of aromatic nitrogens is 2. The van der Waals surface area contributed by atoms with Crippen molar-refractivity contribution in [3.05, 3.63) is 34.6 Å². The number of fused-ring (bicyclic) bond motifs is 1. The maximum atomic E-state index is 12.8. The summed E-state index contributed by atoms with van der Waals surface area (Å²) in [5, 5.41) is 11.4. The molecule has 4 N–H and O–H groups in total. The van der Waals surface area contributed by atoms with Crippen molar-refractivity contribution in [2.24, 2.45) is 11.7 Å². The molecule has 0 radical (unpaired) electrons. The molecule has 0 spiro atoms. The van der Waals surface area contributed by atoms with Crippen molar-refractivity contribution >= 4 is 34.6 Å². The number of imide groups is 1. The van der Waals surface area contributed by atoms with Crippen LogP contribution in [0.5, 0.6) is 0 Å². The van der Waals surface area contributed by atoms with Gasteiger partial charge in [0.1, 0.15) is 0 Å². The molecule has 0 aliphatic rings. The van der Waals surface area contributed by atoms with E-state index < -0.39 is 17.2 Å². The lowest BCUT2D eigenvalue weighted by Gasteiger charge is -2.20. The number of aliphatic hydroxyl groups is 1. The molecule has 0 aliphatic heterocycles. The first kappa shape index (κ1) is 19.9. The summed E-state index contributed by atoms with van der Waals surface area (Å²) in [5.74, 6) is -0.664. The van der Waals surface area contributed by atoms with E-state index in [-0.39, 0.29) is 24.6 Å². The molecule has 9 heteroatoms. The summed E-state index contributed by atoms with van der Waals surface area (Å²) in [5.41, 5.74) is 5.33. The number of primary amides is 1. The summed E-state index contributed by atoms with van der Waals surface area (Å²) < 4.78 is 1.45. The van der Waals surface area contributed by atoms with Crippen LogP contribution in [-0.4, -0.2) is 38.5 Å². The number of nitrogens with two attached hydrogens (primary N) is 1. The van der Waals surface area contributed by atoms with Gasteiger partial charge in [-0.3, -0.25) is 19.5 Å². The number of benzene rings is 1. The number of amides is 3. The van der Waals surface area contributed by atoms with E-state index in [9.17, 15) is 14.4 Å². The zero-order valence-corrected chi connectivity index (χ0v) is 15.5. The average Bonchev–Trinajstić information content (AvgIpc) is 2.58. The quantitative estimate of drug-likeness (QED) is 0.489. The van der Waals surface area contributed by atoms with Crippen molar-refractivity contribution in [2.75, 3.05) is 6.61 Å². The average molecular weight is 378 g/mol. The summed E-state index contributed by atoms with van der Waals surface area (Å²) in [6.45, 7) is 3.86. The van der Waals surface area contributed by atoms with Crippen molar-refractivity contribution in [3.63, 3.8) is 0 Å². The zero-order chi connectivity index (χ0) is 19.3. The number of nitrogens with one attached hydrogen (secondary N) is 1. The van der Waals surface area contributed by atoms with E-state index in [0.717, 1.165) is 11.8 Å². The lowest BCUT2D eigenvalue weighted by atomic mass is 10.1. The number of carbonyl (C=O) groups excluding carboxylic acids is 2. The highest BCUT2D eigenvalue weighted by Crippen LogP contribution is 2.27. The predicted molar refractivity (Wildman–Crippen MR) is 99.9 cm³/mol. The molecule has 0 saturated heterocycles.